The third-order valence-corrected chi connectivity index (χ3v) is 3.29. The SMILES string of the molecule is COc1ccc(Cl)cc1C(=O)NC1(CC(N)=O)COC1. The smallest absolute Gasteiger partial charge is 0.255 e. The van der Waals surface area contributed by atoms with Gasteiger partial charge in [-0.2, -0.15) is 0 Å². The predicted octanol–water partition coefficient (Wildman–Crippen LogP) is 0.723. The van der Waals surface area contributed by atoms with Crippen molar-refractivity contribution in [3.63, 3.8) is 0 Å². The van der Waals surface area contributed by atoms with E-state index in [4.69, 9.17) is 26.8 Å². The zero-order chi connectivity index (χ0) is 14.8. The quantitative estimate of drug-likeness (QED) is 0.838. The molecule has 1 fully saturated rings. The maximum absolute atomic E-state index is 12.3. The molecule has 1 saturated heterocycles. The molecule has 1 aliphatic rings. The fourth-order valence-corrected chi connectivity index (χ4v) is 2.24. The van der Waals surface area contributed by atoms with Crippen molar-refractivity contribution in [1.82, 2.24) is 5.32 Å². The topological polar surface area (TPSA) is 90.6 Å². The van der Waals surface area contributed by atoms with Crippen molar-refractivity contribution in [2.24, 2.45) is 5.73 Å². The average molecular weight is 299 g/mol. The van der Waals surface area contributed by atoms with Gasteiger partial charge in [0.1, 0.15) is 5.75 Å². The summed E-state index contributed by atoms with van der Waals surface area (Å²) < 4.78 is 10.2. The van der Waals surface area contributed by atoms with Crippen LogP contribution in [0.4, 0.5) is 0 Å². The van der Waals surface area contributed by atoms with E-state index in [9.17, 15) is 9.59 Å². The van der Waals surface area contributed by atoms with E-state index in [1.807, 2.05) is 0 Å². The van der Waals surface area contributed by atoms with Crippen LogP contribution >= 0.6 is 11.6 Å². The molecule has 20 heavy (non-hydrogen) atoms. The molecule has 0 aliphatic carbocycles. The Bertz CT molecular complexity index is 543. The highest BCUT2D eigenvalue weighted by Gasteiger charge is 2.42. The number of amides is 2. The Kier molecular flexibility index (Phi) is 4.15. The first-order chi connectivity index (χ1) is 9.46. The lowest BCUT2D eigenvalue weighted by molar-refractivity contribution is -0.127. The van der Waals surface area contributed by atoms with E-state index in [1.165, 1.54) is 13.2 Å². The number of hydrogen-bond acceptors (Lipinski definition) is 4. The maximum Gasteiger partial charge on any atom is 0.255 e. The normalized spacial score (nSPS) is 16.1. The van der Waals surface area contributed by atoms with E-state index in [0.29, 0.717) is 16.3 Å². The van der Waals surface area contributed by atoms with Crippen LogP contribution in [0, 0.1) is 0 Å². The molecule has 3 N–H and O–H groups in total. The summed E-state index contributed by atoms with van der Waals surface area (Å²) in [5.74, 6) is -0.470. The van der Waals surface area contributed by atoms with Crippen molar-refractivity contribution in [1.29, 1.82) is 0 Å². The number of nitrogens with one attached hydrogen (secondary N) is 1. The molecule has 2 amide bonds. The van der Waals surface area contributed by atoms with Crippen molar-refractivity contribution in [2.45, 2.75) is 12.0 Å². The van der Waals surface area contributed by atoms with E-state index >= 15 is 0 Å². The first kappa shape index (κ1) is 14.6. The van der Waals surface area contributed by atoms with Gasteiger partial charge in [0.2, 0.25) is 5.91 Å². The second kappa shape index (κ2) is 5.68. The van der Waals surface area contributed by atoms with Gasteiger partial charge in [-0.3, -0.25) is 9.59 Å². The van der Waals surface area contributed by atoms with E-state index < -0.39 is 11.4 Å². The fourth-order valence-electron chi connectivity index (χ4n) is 2.07. The molecule has 1 aromatic rings. The van der Waals surface area contributed by atoms with Crippen LogP contribution in [0.15, 0.2) is 18.2 Å². The van der Waals surface area contributed by atoms with Crippen LogP contribution in [-0.2, 0) is 9.53 Å². The van der Waals surface area contributed by atoms with Crippen molar-refractivity contribution < 1.29 is 19.1 Å². The minimum absolute atomic E-state index is 0.0294. The maximum atomic E-state index is 12.3. The minimum atomic E-state index is -0.740. The van der Waals surface area contributed by atoms with Gasteiger partial charge in [-0.05, 0) is 18.2 Å². The molecule has 0 spiro atoms. The number of halogens is 1. The van der Waals surface area contributed by atoms with Crippen LogP contribution in [0.1, 0.15) is 16.8 Å². The molecule has 0 saturated carbocycles. The highest BCUT2D eigenvalue weighted by atomic mass is 35.5. The summed E-state index contributed by atoms with van der Waals surface area (Å²) in [5.41, 5.74) is 4.75. The Labute approximate surface area is 121 Å². The first-order valence-electron chi connectivity index (χ1n) is 5.98. The monoisotopic (exact) mass is 298 g/mol. The molecule has 7 heteroatoms. The second-order valence-corrected chi connectivity index (χ2v) is 5.15. The molecule has 0 atom stereocenters. The van der Waals surface area contributed by atoms with Crippen LogP contribution in [-0.4, -0.2) is 37.7 Å². The van der Waals surface area contributed by atoms with Gasteiger partial charge in [0.25, 0.3) is 5.91 Å². The van der Waals surface area contributed by atoms with Crippen LogP contribution < -0.4 is 15.8 Å². The van der Waals surface area contributed by atoms with Crippen LogP contribution in [0.2, 0.25) is 5.02 Å². The van der Waals surface area contributed by atoms with Gasteiger partial charge in [-0.25, -0.2) is 0 Å². The molecule has 1 aliphatic heterocycles. The number of carbonyl (C=O) groups excluding carboxylic acids is 2. The molecule has 0 radical (unpaired) electrons. The number of nitrogens with two attached hydrogens (primary N) is 1. The van der Waals surface area contributed by atoms with E-state index in [1.54, 1.807) is 12.1 Å². The summed E-state index contributed by atoms with van der Waals surface area (Å²) in [6, 6.07) is 4.74. The van der Waals surface area contributed by atoms with E-state index in [0.717, 1.165) is 0 Å². The highest BCUT2D eigenvalue weighted by molar-refractivity contribution is 6.31. The molecular formula is C13H15ClN2O4. The summed E-state index contributed by atoms with van der Waals surface area (Å²) in [5, 5.41) is 3.20. The summed E-state index contributed by atoms with van der Waals surface area (Å²) >= 11 is 5.89. The van der Waals surface area contributed by atoms with Gasteiger partial charge < -0.3 is 20.5 Å². The second-order valence-electron chi connectivity index (χ2n) is 4.71. The zero-order valence-corrected chi connectivity index (χ0v) is 11.7. The largest absolute Gasteiger partial charge is 0.496 e. The fraction of sp³-hybridized carbons (Fsp3) is 0.385. The molecule has 1 heterocycles. The van der Waals surface area contributed by atoms with Crippen LogP contribution in [0.5, 0.6) is 5.75 Å². The van der Waals surface area contributed by atoms with Crippen molar-refractivity contribution in [3.8, 4) is 5.75 Å². The lowest BCUT2D eigenvalue weighted by Crippen LogP contribution is -2.63. The average Bonchev–Trinajstić information content (AvgIpc) is 2.35. The minimum Gasteiger partial charge on any atom is -0.496 e. The molecule has 1 aromatic carbocycles. The third kappa shape index (κ3) is 3.02. The Morgan fingerprint density at radius 1 is 1.50 bits per heavy atom. The van der Waals surface area contributed by atoms with Gasteiger partial charge in [0.05, 0.1) is 37.8 Å². The van der Waals surface area contributed by atoms with Crippen molar-refractivity contribution in [3.05, 3.63) is 28.8 Å². The van der Waals surface area contributed by atoms with Crippen LogP contribution in [0.3, 0.4) is 0 Å². The van der Waals surface area contributed by atoms with Gasteiger partial charge >= 0.3 is 0 Å². The summed E-state index contributed by atoms with van der Waals surface area (Å²) in [7, 11) is 1.46. The summed E-state index contributed by atoms with van der Waals surface area (Å²) in [4.78, 5) is 23.4. The molecule has 0 aromatic heterocycles. The van der Waals surface area contributed by atoms with Gasteiger partial charge in [0, 0.05) is 5.02 Å². The molecule has 6 nitrogen and oxygen atoms in total. The lowest BCUT2D eigenvalue weighted by atomic mass is 9.92. The number of rotatable bonds is 5. The predicted molar refractivity (Wildman–Crippen MR) is 72.8 cm³/mol. The molecule has 108 valence electrons. The molecular weight excluding hydrogens is 284 g/mol. The first-order valence-corrected chi connectivity index (χ1v) is 6.36. The summed E-state index contributed by atoms with van der Waals surface area (Å²) in [6.45, 7) is 0.509. The van der Waals surface area contributed by atoms with Gasteiger partial charge in [-0.15, -0.1) is 0 Å². The molecule has 0 unspecified atom stereocenters. The number of methoxy groups -OCH3 is 1. The number of carbonyl (C=O) groups is 2. The highest BCUT2D eigenvalue weighted by Crippen LogP contribution is 2.26. The number of ether oxygens (including phenoxy) is 2. The standard InChI is InChI=1S/C13H15ClN2O4/c1-19-10-3-2-8(14)4-9(10)12(18)16-13(5-11(15)17)6-20-7-13/h2-4H,5-7H2,1H3,(H2,15,17)(H,16,18). The zero-order valence-electron chi connectivity index (χ0n) is 10.9. The van der Waals surface area contributed by atoms with Gasteiger partial charge in [0.15, 0.2) is 0 Å². The Balaban J connectivity index is 2.19. The number of benzene rings is 1. The lowest BCUT2D eigenvalue weighted by Gasteiger charge is -2.41. The summed E-state index contributed by atoms with van der Waals surface area (Å²) in [6.07, 6.45) is 0.0294. The third-order valence-electron chi connectivity index (χ3n) is 3.05. The number of primary amides is 1. The Morgan fingerprint density at radius 2 is 2.20 bits per heavy atom. The van der Waals surface area contributed by atoms with Gasteiger partial charge in [-0.1, -0.05) is 11.6 Å². The Morgan fingerprint density at radius 3 is 2.70 bits per heavy atom. The van der Waals surface area contributed by atoms with Crippen molar-refractivity contribution >= 4 is 23.4 Å². The van der Waals surface area contributed by atoms with Crippen molar-refractivity contribution in [2.75, 3.05) is 20.3 Å². The number of hydrogen-bond donors (Lipinski definition) is 2. The van der Waals surface area contributed by atoms with E-state index in [-0.39, 0.29) is 25.5 Å². The molecule has 2 rings (SSSR count). The Hall–Kier alpha value is -1.79. The van der Waals surface area contributed by atoms with Crippen LogP contribution in [0.25, 0.3) is 0 Å². The van der Waals surface area contributed by atoms with E-state index in [2.05, 4.69) is 5.32 Å². The molecule has 0 bridgehead atoms.